The minimum atomic E-state index is 0. The Kier molecular flexibility index (Phi) is 9.22. The number of rotatable bonds is 8. The van der Waals surface area contributed by atoms with Crippen LogP contribution in [0.25, 0.3) is 0 Å². The van der Waals surface area contributed by atoms with E-state index in [1.54, 1.807) is 0 Å². The Morgan fingerprint density at radius 2 is 1.87 bits per heavy atom. The zero-order valence-electron chi connectivity index (χ0n) is 17.4. The van der Waals surface area contributed by atoms with Crippen LogP contribution >= 0.6 is 24.0 Å². The summed E-state index contributed by atoms with van der Waals surface area (Å²) < 4.78 is 11.2. The molecule has 0 aromatic heterocycles. The summed E-state index contributed by atoms with van der Waals surface area (Å²) in [5.41, 5.74) is 8.73. The van der Waals surface area contributed by atoms with Gasteiger partial charge in [0.15, 0.2) is 5.96 Å². The number of hydrogen-bond donors (Lipinski definition) is 2. The number of aliphatic imine (C=N–C) groups is 1. The van der Waals surface area contributed by atoms with Crippen LogP contribution in [0.4, 0.5) is 11.4 Å². The summed E-state index contributed by atoms with van der Waals surface area (Å²) >= 11 is 0. The van der Waals surface area contributed by atoms with E-state index in [2.05, 4.69) is 10.3 Å². The molecule has 1 heterocycles. The molecule has 0 unspecified atom stereocenters. The molecule has 162 valence electrons. The van der Waals surface area contributed by atoms with E-state index in [1.165, 1.54) is 0 Å². The standard InChI is InChI=1S/C22H28N4O3.HI/c1-3-28-18-11-12-20(29-4-2)19(14-18)25-22(23)24-15-16-7-9-17(10-8-16)26-13-5-6-21(26)27;/h7-12,14H,3-6,13,15H2,1-2H3,(H3,23,24,25);1H. The van der Waals surface area contributed by atoms with Crippen LogP contribution in [0.15, 0.2) is 47.5 Å². The van der Waals surface area contributed by atoms with Gasteiger partial charge in [-0.25, -0.2) is 4.99 Å². The van der Waals surface area contributed by atoms with Crippen LogP contribution in [-0.2, 0) is 11.3 Å². The average Bonchev–Trinajstić information content (AvgIpc) is 3.15. The number of carbonyl (C=O) groups excluding carboxylic acids is 1. The summed E-state index contributed by atoms with van der Waals surface area (Å²) in [6.07, 6.45) is 1.55. The lowest BCUT2D eigenvalue weighted by Crippen LogP contribution is -2.23. The van der Waals surface area contributed by atoms with Gasteiger partial charge in [-0.05, 0) is 50.1 Å². The normalized spacial score (nSPS) is 13.7. The van der Waals surface area contributed by atoms with Crippen molar-refractivity contribution >= 4 is 47.2 Å². The number of nitrogens with two attached hydrogens (primary N) is 1. The van der Waals surface area contributed by atoms with E-state index in [0.717, 1.165) is 30.0 Å². The summed E-state index contributed by atoms with van der Waals surface area (Å²) in [5, 5.41) is 3.10. The van der Waals surface area contributed by atoms with E-state index in [-0.39, 0.29) is 29.9 Å². The number of nitrogens with one attached hydrogen (secondary N) is 1. The first-order valence-electron chi connectivity index (χ1n) is 9.96. The SMILES string of the molecule is CCOc1ccc(OCC)c(NC(N)=NCc2ccc(N3CCCC3=O)cc2)c1.I. The highest BCUT2D eigenvalue weighted by Gasteiger charge is 2.21. The van der Waals surface area contributed by atoms with E-state index in [4.69, 9.17) is 15.2 Å². The number of ether oxygens (including phenoxy) is 2. The van der Waals surface area contributed by atoms with Crippen LogP contribution in [0.3, 0.4) is 0 Å². The summed E-state index contributed by atoms with van der Waals surface area (Å²) in [6.45, 7) is 6.21. The van der Waals surface area contributed by atoms with Crippen LogP contribution in [0.2, 0.25) is 0 Å². The Morgan fingerprint density at radius 3 is 2.50 bits per heavy atom. The van der Waals surface area contributed by atoms with Gasteiger partial charge in [0.1, 0.15) is 11.5 Å². The van der Waals surface area contributed by atoms with Crippen LogP contribution in [0.1, 0.15) is 32.3 Å². The first kappa shape index (κ1) is 23.8. The summed E-state index contributed by atoms with van der Waals surface area (Å²) in [4.78, 5) is 18.1. The predicted molar refractivity (Wildman–Crippen MR) is 131 cm³/mol. The van der Waals surface area contributed by atoms with Crippen LogP contribution in [0, 0.1) is 0 Å². The lowest BCUT2D eigenvalue weighted by atomic mass is 10.2. The van der Waals surface area contributed by atoms with Gasteiger partial charge in [0, 0.05) is 24.7 Å². The number of hydrogen-bond acceptors (Lipinski definition) is 4. The quantitative estimate of drug-likeness (QED) is 0.308. The number of anilines is 2. The Balaban J connectivity index is 0.00000320. The molecule has 2 aromatic carbocycles. The molecule has 7 nitrogen and oxygen atoms in total. The maximum absolute atomic E-state index is 11.8. The van der Waals surface area contributed by atoms with Gasteiger partial charge < -0.3 is 25.4 Å². The molecule has 0 saturated carbocycles. The predicted octanol–water partition coefficient (Wildman–Crippen LogP) is 4.16. The Hall–Kier alpha value is -2.49. The van der Waals surface area contributed by atoms with Crippen LogP contribution < -0.4 is 25.4 Å². The Labute approximate surface area is 194 Å². The zero-order valence-corrected chi connectivity index (χ0v) is 19.7. The molecule has 2 aromatic rings. The number of nitrogens with zero attached hydrogens (tertiary/aromatic N) is 2. The second-order valence-corrected chi connectivity index (χ2v) is 6.67. The molecule has 0 radical (unpaired) electrons. The fourth-order valence-corrected chi connectivity index (χ4v) is 3.20. The molecule has 0 aliphatic carbocycles. The maximum atomic E-state index is 11.8. The van der Waals surface area contributed by atoms with Gasteiger partial charge in [0.2, 0.25) is 5.91 Å². The molecule has 3 rings (SSSR count). The van der Waals surface area contributed by atoms with E-state index >= 15 is 0 Å². The molecule has 1 aliphatic heterocycles. The van der Waals surface area contributed by atoms with Crippen molar-refractivity contribution in [2.75, 3.05) is 30.0 Å². The van der Waals surface area contributed by atoms with E-state index in [9.17, 15) is 4.79 Å². The van der Waals surface area contributed by atoms with Gasteiger partial charge >= 0.3 is 0 Å². The number of halogens is 1. The van der Waals surface area contributed by atoms with Gasteiger partial charge in [-0.1, -0.05) is 12.1 Å². The van der Waals surface area contributed by atoms with Crippen molar-refractivity contribution in [2.45, 2.75) is 33.2 Å². The highest BCUT2D eigenvalue weighted by Crippen LogP contribution is 2.29. The fourth-order valence-electron chi connectivity index (χ4n) is 3.20. The number of amides is 1. The molecule has 3 N–H and O–H groups in total. The monoisotopic (exact) mass is 524 g/mol. The first-order chi connectivity index (χ1) is 14.1. The lowest BCUT2D eigenvalue weighted by molar-refractivity contribution is -0.117. The van der Waals surface area contributed by atoms with Crippen molar-refractivity contribution in [2.24, 2.45) is 10.7 Å². The molecule has 0 bridgehead atoms. The van der Waals surface area contributed by atoms with Gasteiger partial charge in [-0.2, -0.15) is 0 Å². The van der Waals surface area contributed by atoms with Gasteiger partial charge in [0.05, 0.1) is 25.4 Å². The third-order valence-electron chi connectivity index (χ3n) is 4.58. The fraction of sp³-hybridized carbons (Fsp3) is 0.364. The van der Waals surface area contributed by atoms with Crippen LogP contribution in [0.5, 0.6) is 11.5 Å². The molecule has 8 heteroatoms. The molecule has 1 amide bonds. The second-order valence-electron chi connectivity index (χ2n) is 6.67. The van der Waals surface area contributed by atoms with E-state index < -0.39 is 0 Å². The van der Waals surface area contributed by atoms with Crippen LogP contribution in [-0.4, -0.2) is 31.6 Å². The first-order valence-corrected chi connectivity index (χ1v) is 9.96. The van der Waals surface area contributed by atoms with Crippen molar-refractivity contribution in [3.8, 4) is 11.5 Å². The molecule has 1 fully saturated rings. The Morgan fingerprint density at radius 1 is 1.13 bits per heavy atom. The van der Waals surface area contributed by atoms with Gasteiger partial charge in [-0.15, -0.1) is 24.0 Å². The minimum absolute atomic E-state index is 0. The number of guanidine groups is 1. The number of benzene rings is 2. The van der Waals surface area contributed by atoms with E-state index in [0.29, 0.717) is 43.6 Å². The maximum Gasteiger partial charge on any atom is 0.227 e. The molecule has 1 aliphatic rings. The molecule has 30 heavy (non-hydrogen) atoms. The molecular formula is C22H29IN4O3. The van der Waals surface area contributed by atoms with E-state index in [1.807, 2.05) is 61.2 Å². The summed E-state index contributed by atoms with van der Waals surface area (Å²) in [7, 11) is 0. The van der Waals surface area contributed by atoms with Crippen molar-refractivity contribution in [3.05, 3.63) is 48.0 Å². The van der Waals surface area contributed by atoms with Crippen molar-refractivity contribution < 1.29 is 14.3 Å². The Bertz CT molecular complexity index is 871. The highest BCUT2D eigenvalue weighted by atomic mass is 127. The lowest BCUT2D eigenvalue weighted by Gasteiger charge is -2.16. The van der Waals surface area contributed by atoms with Crippen molar-refractivity contribution in [3.63, 3.8) is 0 Å². The summed E-state index contributed by atoms with van der Waals surface area (Å²) in [5.74, 6) is 1.90. The second kappa shape index (κ2) is 11.6. The zero-order chi connectivity index (χ0) is 20.6. The molecule has 1 saturated heterocycles. The largest absolute Gasteiger partial charge is 0.494 e. The third-order valence-corrected chi connectivity index (χ3v) is 4.58. The third kappa shape index (κ3) is 6.25. The van der Waals surface area contributed by atoms with Gasteiger partial charge in [0.25, 0.3) is 0 Å². The molecule has 0 atom stereocenters. The topological polar surface area (TPSA) is 89.2 Å². The minimum Gasteiger partial charge on any atom is -0.494 e. The van der Waals surface area contributed by atoms with Crippen molar-refractivity contribution in [1.29, 1.82) is 0 Å². The van der Waals surface area contributed by atoms with Crippen molar-refractivity contribution in [1.82, 2.24) is 0 Å². The molecule has 0 spiro atoms. The van der Waals surface area contributed by atoms with Gasteiger partial charge in [-0.3, -0.25) is 4.79 Å². The summed E-state index contributed by atoms with van der Waals surface area (Å²) in [6, 6.07) is 13.4. The highest BCUT2D eigenvalue weighted by molar-refractivity contribution is 14.0. The smallest absolute Gasteiger partial charge is 0.227 e. The molecular weight excluding hydrogens is 495 g/mol. The average molecular weight is 524 g/mol. The number of carbonyl (C=O) groups is 1.